The van der Waals surface area contributed by atoms with Crippen molar-refractivity contribution in [1.29, 1.82) is 0 Å². The van der Waals surface area contributed by atoms with Gasteiger partial charge in [0.15, 0.2) is 5.22 Å². The summed E-state index contributed by atoms with van der Waals surface area (Å²) in [4.78, 5) is 0. The monoisotopic (exact) mass is 236 g/mol. The highest BCUT2D eigenvalue weighted by Gasteiger charge is 2.18. The van der Waals surface area contributed by atoms with E-state index in [9.17, 15) is 0 Å². The molecule has 0 saturated carbocycles. The highest BCUT2D eigenvalue weighted by atomic mass is 35.5. The molecule has 0 bridgehead atoms. The Morgan fingerprint density at radius 3 is 2.56 bits per heavy atom. The molecule has 1 aromatic heterocycles. The molecule has 0 saturated heterocycles. The number of rotatable bonds is 3. The van der Waals surface area contributed by atoms with Crippen molar-refractivity contribution in [2.45, 2.75) is 13.0 Å². The van der Waals surface area contributed by atoms with Gasteiger partial charge in [0.2, 0.25) is 0 Å². The van der Waals surface area contributed by atoms with Crippen molar-refractivity contribution in [3.63, 3.8) is 0 Å². The summed E-state index contributed by atoms with van der Waals surface area (Å²) >= 11 is 5.95. The number of hydrazine groups is 1. The number of halogens is 1. The van der Waals surface area contributed by atoms with Gasteiger partial charge in [-0.2, -0.15) is 0 Å². The lowest BCUT2D eigenvalue weighted by Crippen LogP contribution is -2.29. The molecular weight excluding hydrogens is 224 g/mol. The first-order valence-corrected chi connectivity index (χ1v) is 5.36. The highest BCUT2D eigenvalue weighted by Crippen LogP contribution is 2.30. The first-order valence-electron chi connectivity index (χ1n) is 4.98. The maximum atomic E-state index is 5.95. The molecule has 0 spiro atoms. The Hall–Kier alpha value is -1.29. The van der Waals surface area contributed by atoms with Gasteiger partial charge in [0.05, 0.1) is 12.3 Å². The largest absolute Gasteiger partial charge is 0.453 e. The second kappa shape index (κ2) is 4.70. The molecule has 16 heavy (non-hydrogen) atoms. The Balaban J connectivity index is 2.45. The van der Waals surface area contributed by atoms with E-state index in [2.05, 4.69) is 5.43 Å². The lowest BCUT2D eigenvalue weighted by atomic mass is 9.97. The van der Waals surface area contributed by atoms with Crippen molar-refractivity contribution in [2.24, 2.45) is 5.84 Å². The van der Waals surface area contributed by atoms with Crippen molar-refractivity contribution in [2.75, 3.05) is 0 Å². The van der Waals surface area contributed by atoms with E-state index >= 15 is 0 Å². The Morgan fingerprint density at radius 1 is 1.25 bits per heavy atom. The predicted octanol–water partition coefficient (Wildman–Crippen LogP) is 2.79. The summed E-state index contributed by atoms with van der Waals surface area (Å²) in [6, 6.07) is 9.69. The fourth-order valence-corrected chi connectivity index (χ4v) is 1.99. The van der Waals surface area contributed by atoms with E-state index in [-0.39, 0.29) is 6.04 Å². The van der Waals surface area contributed by atoms with Gasteiger partial charge < -0.3 is 4.42 Å². The van der Waals surface area contributed by atoms with Crippen LogP contribution in [0.4, 0.5) is 0 Å². The van der Waals surface area contributed by atoms with Crippen LogP contribution in [0.3, 0.4) is 0 Å². The summed E-state index contributed by atoms with van der Waals surface area (Å²) in [7, 11) is 0. The number of nitrogens with one attached hydrogen (secondary N) is 1. The van der Waals surface area contributed by atoms with E-state index in [1.54, 1.807) is 6.26 Å². The van der Waals surface area contributed by atoms with Crippen LogP contribution in [0.2, 0.25) is 5.22 Å². The molecule has 0 fully saturated rings. The van der Waals surface area contributed by atoms with Crippen LogP contribution < -0.4 is 11.3 Å². The van der Waals surface area contributed by atoms with Gasteiger partial charge in [-0.3, -0.25) is 5.84 Å². The first kappa shape index (κ1) is 11.2. The highest BCUT2D eigenvalue weighted by molar-refractivity contribution is 6.29. The number of hydrogen-bond acceptors (Lipinski definition) is 3. The van der Waals surface area contributed by atoms with Crippen LogP contribution in [0.15, 0.2) is 41.0 Å². The summed E-state index contributed by atoms with van der Waals surface area (Å²) in [5, 5.41) is 0.367. The molecule has 0 aliphatic heterocycles. The number of aryl methyl sites for hydroxylation is 1. The van der Waals surface area contributed by atoms with E-state index in [1.165, 1.54) is 0 Å². The Bertz CT molecular complexity index is 481. The SMILES string of the molecule is Cc1ccccc1C(NN)c1ccoc1Cl. The van der Waals surface area contributed by atoms with Crippen molar-refractivity contribution < 1.29 is 4.42 Å². The molecule has 2 aromatic rings. The molecule has 1 unspecified atom stereocenters. The Morgan fingerprint density at radius 2 is 2.00 bits per heavy atom. The topological polar surface area (TPSA) is 51.2 Å². The van der Waals surface area contributed by atoms with Gasteiger partial charge >= 0.3 is 0 Å². The van der Waals surface area contributed by atoms with Crippen LogP contribution in [0, 0.1) is 6.92 Å². The third-order valence-corrected chi connectivity index (χ3v) is 2.93. The Labute approximate surface area is 99.2 Å². The van der Waals surface area contributed by atoms with Gasteiger partial charge in [-0.25, -0.2) is 5.43 Å². The zero-order valence-electron chi connectivity index (χ0n) is 8.91. The molecule has 1 heterocycles. The number of nitrogens with two attached hydrogens (primary N) is 1. The minimum atomic E-state index is -0.146. The average Bonchev–Trinajstić information content (AvgIpc) is 2.69. The van der Waals surface area contributed by atoms with E-state index in [0.717, 1.165) is 16.7 Å². The Kier molecular flexibility index (Phi) is 3.29. The van der Waals surface area contributed by atoms with Crippen molar-refractivity contribution in [3.05, 3.63) is 58.5 Å². The lowest BCUT2D eigenvalue weighted by molar-refractivity contribution is 0.555. The predicted molar refractivity (Wildman–Crippen MR) is 64.1 cm³/mol. The van der Waals surface area contributed by atoms with E-state index in [1.807, 2.05) is 37.3 Å². The summed E-state index contributed by atoms with van der Waals surface area (Å²) in [6.07, 6.45) is 1.56. The average molecular weight is 237 g/mol. The third kappa shape index (κ3) is 1.97. The zero-order valence-corrected chi connectivity index (χ0v) is 9.66. The van der Waals surface area contributed by atoms with Gasteiger partial charge in [0.25, 0.3) is 0 Å². The summed E-state index contributed by atoms with van der Waals surface area (Å²) in [6.45, 7) is 2.04. The fourth-order valence-electron chi connectivity index (χ4n) is 1.77. The van der Waals surface area contributed by atoms with Gasteiger partial charge in [0, 0.05) is 5.56 Å². The standard InChI is InChI=1S/C12H13ClN2O/c1-8-4-2-3-5-9(8)11(15-14)10-6-7-16-12(10)13/h2-7,11,15H,14H2,1H3. The van der Waals surface area contributed by atoms with E-state index in [4.69, 9.17) is 21.9 Å². The fraction of sp³-hybridized carbons (Fsp3) is 0.167. The summed E-state index contributed by atoms with van der Waals surface area (Å²) in [5.74, 6) is 5.58. The van der Waals surface area contributed by atoms with Crippen LogP contribution in [-0.2, 0) is 0 Å². The van der Waals surface area contributed by atoms with Gasteiger partial charge in [-0.15, -0.1) is 0 Å². The van der Waals surface area contributed by atoms with Gasteiger partial charge in [-0.1, -0.05) is 24.3 Å². The molecule has 2 rings (SSSR count). The van der Waals surface area contributed by atoms with Gasteiger partial charge in [-0.05, 0) is 35.7 Å². The molecule has 84 valence electrons. The van der Waals surface area contributed by atoms with Crippen molar-refractivity contribution >= 4 is 11.6 Å². The third-order valence-electron chi connectivity index (χ3n) is 2.62. The minimum absolute atomic E-state index is 0.146. The second-order valence-electron chi connectivity index (χ2n) is 3.61. The van der Waals surface area contributed by atoms with Crippen LogP contribution in [0.25, 0.3) is 0 Å². The van der Waals surface area contributed by atoms with Crippen LogP contribution >= 0.6 is 11.6 Å². The summed E-state index contributed by atoms with van der Waals surface area (Å²) in [5.41, 5.74) is 5.85. The second-order valence-corrected chi connectivity index (χ2v) is 3.95. The maximum absolute atomic E-state index is 5.95. The molecular formula is C12H13ClN2O. The number of furan rings is 1. The normalized spacial score (nSPS) is 12.7. The lowest BCUT2D eigenvalue weighted by Gasteiger charge is -2.17. The number of hydrogen-bond donors (Lipinski definition) is 2. The smallest absolute Gasteiger partial charge is 0.198 e. The molecule has 3 N–H and O–H groups in total. The zero-order chi connectivity index (χ0) is 11.5. The minimum Gasteiger partial charge on any atom is -0.453 e. The quantitative estimate of drug-likeness (QED) is 0.637. The van der Waals surface area contributed by atoms with Crippen LogP contribution in [-0.4, -0.2) is 0 Å². The molecule has 0 radical (unpaired) electrons. The molecule has 1 aromatic carbocycles. The molecule has 1 atom stereocenters. The van der Waals surface area contributed by atoms with Crippen molar-refractivity contribution in [3.8, 4) is 0 Å². The van der Waals surface area contributed by atoms with Gasteiger partial charge in [0.1, 0.15) is 0 Å². The van der Waals surface area contributed by atoms with Crippen LogP contribution in [0.5, 0.6) is 0 Å². The van der Waals surface area contributed by atoms with Crippen LogP contribution in [0.1, 0.15) is 22.7 Å². The van der Waals surface area contributed by atoms with Crippen molar-refractivity contribution in [1.82, 2.24) is 5.43 Å². The van der Waals surface area contributed by atoms with E-state index < -0.39 is 0 Å². The molecule has 0 aliphatic carbocycles. The molecule has 0 amide bonds. The molecule has 0 aliphatic rings. The maximum Gasteiger partial charge on any atom is 0.198 e. The molecule has 4 heteroatoms. The first-order chi connectivity index (χ1) is 7.74. The summed E-state index contributed by atoms with van der Waals surface area (Å²) < 4.78 is 5.08. The number of benzene rings is 1. The van der Waals surface area contributed by atoms with E-state index in [0.29, 0.717) is 5.22 Å². The molecule has 3 nitrogen and oxygen atoms in total.